The maximum Gasteiger partial charge on any atom is 0.269 e. The van der Waals surface area contributed by atoms with Crippen LogP contribution in [0.2, 0.25) is 0 Å². The summed E-state index contributed by atoms with van der Waals surface area (Å²) in [4.78, 5) is 33.8. The number of nitro groups is 1. The van der Waals surface area contributed by atoms with Crippen LogP contribution in [0.3, 0.4) is 0 Å². The Morgan fingerprint density at radius 3 is 2.21 bits per heavy atom. The summed E-state index contributed by atoms with van der Waals surface area (Å²) in [6, 6.07) is 12.7. The van der Waals surface area contributed by atoms with Gasteiger partial charge in [0.25, 0.3) is 5.69 Å². The summed E-state index contributed by atoms with van der Waals surface area (Å²) in [5.74, 6) is -0.448. The average molecular weight is 255 g/mol. The molecule has 0 fully saturated rings. The number of nitro benzene ring substituents is 1. The van der Waals surface area contributed by atoms with Crippen molar-refractivity contribution in [3.8, 4) is 0 Å². The molecule has 0 spiro atoms. The van der Waals surface area contributed by atoms with Gasteiger partial charge >= 0.3 is 0 Å². The van der Waals surface area contributed by atoms with Gasteiger partial charge in [-0.2, -0.15) is 0 Å². The third kappa shape index (κ3) is 2.71. The predicted molar refractivity (Wildman–Crippen MR) is 69.2 cm³/mol. The van der Waals surface area contributed by atoms with E-state index in [0.29, 0.717) is 0 Å². The fraction of sp³-hybridized carbons (Fsp3) is 0. The molecule has 0 aliphatic carbocycles. The van der Waals surface area contributed by atoms with Crippen LogP contribution in [0.4, 0.5) is 5.69 Å². The number of hydrogen-bond acceptors (Lipinski definition) is 4. The molecule has 5 nitrogen and oxygen atoms in total. The Bertz CT molecular complexity index is 692. The third-order valence-electron chi connectivity index (χ3n) is 2.58. The smallest absolute Gasteiger partial charge is 0.269 e. The van der Waals surface area contributed by atoms with Crippen LogP contribution in [-0.4, -0.2) is 10.7 Å². The average Bonchev–Trinajstić information content (AvgIpc) is 2.63. The first kappa shape index (κ1) is 12.6. The van der Waals surface area contributed by atoms with Crippen LogP contribution in [0, 0.1) is 10.1 Å². The SMILES string of the molecule is O=C(c1ccc([N+](=O)[O-])cc1)c1cccccc1=O. The number of non-ortho nitro benzene ring substituents is 1. The zero-order valence-corrected chi connectivity index (χ0v) is 9.78. The lowest BCUT2D eigenvalue weighted by atomic mass is 10.0. The summed E-state index contributed by atoms with van der Waals surface area (Å²) < 4.78 is 0. The minimum Gasteiger partial charge on any atom is -0.289 e. The van der Waals surface area contributed by atoms with Gasteiger partial charge in [0.1, 0.15) is 0 Å². The molecule has 0 radical (unpaired) electrons. The molecule has 0 bridgehead atoms. The molecule has 0 aromatic heterocycles. The molecule has 0 amide bonds. The second kappa shape index (κ2) is 5.22. The fourth-order valence-corrected chi connectivity index (χ4v) is 1.61. The summed E-state index contributed by atoms with van der Waals surface area (Å²) in [6.45, 7) is 0. The summed E-state index contributed by atoms with van der Waals surface area (Å²) in [5, 5.41) is 10.5. The van der Waals surface area contributed by atoms with E-state index in [1.54, 1.807) is 18.2 Å². The van der Waals surface area contributed by atoms with E-state index in [1.807, 2.05) is 0 Å². The van der Waals surface area contributed by atoms with Gasteiger partial charge in [0.05, 0.1) is 10.5 Å². The van der Waals surface area contributed by atoms with Crippen molar-refractivity contribution in [2.45, 2.75) is 0 Å². The van der Waals surface area contributed by atoms with Crippen molar-refractivity contribution < 1.29 is 9.72 Å². The molecule has 0 atom stereocenters. The van der Waals surface area contributed by atoms with Crippen molar-refractivity contribution in [2.75, 3.05) is 0 Å². The minimum absolute atomic E-state index is 0.0406. The van der Waals surface area contributed by atoms with E-state index in [9.17, 15) is 19.7 Å². The molecule has 2 rings (SSSR count). The van der Waals surface area contributed by atoms with Crippen molar-refractivity contribution in [3.63, 3.8) is 0 Å². The lowest BCUT2D eigenvalue weighted by Crippen LogP contribution is -2.12. The Labute approximate surface area is 108 Å². The number of rotatable bonds is 3. The first-order valence-corrected chi connectivity index (χ1v) is 5.48. The number of ketones is 1. The largest absolute Gasteiger partial charge is 0.289 e. The van der Waals surface area contributed by atoms with E-state index >= 15 is 0 Å². The lowest BCUT2D eigenvalue weighted by molar-refractivity contribution is -0.384. The van der Waals surface area contributed by atoms with Crippen LogP contribution in [0.5, 0.6) is 0 Å². The van der Waals surface area contributed by atoms with Crippen LogP contribution < -0.4 is 5.43 Å². The topological polar surface area (TPSA) is 77.3 Å². The molecule has 0 unspecified atom stereocenters. The van der Waals surface area contributed by atoms with Gasteiger partial charge in [-0.3, -0.25) is 19.7 Å². The van der Waals surface area contributed by atoms with Gasteiger partial charge in [-0.25, -0.2) is 0 Å². The van der Waals surface area contributed by atoms with Gasteiger partial charge in [-0.15, -0.1) is 0 Å². The number of benzene rings is 1. The Kier molecular flexibility index (Phi) is 3.47. The van der Waals surface area contributed by atoms with Crippen molar-refractivity contribution in [3.05, 3.63) is 86.1 Å². The Hall–Kier alpha value is -2.82. The van der Waals surface area contributed by atoms with Crippen molar-refractivity contribution >= 4 is 11.5 Å². The van der Waals surface area contributed by atoms with Crippen LogP contribution in [0.1, 0.15) is 15.9 Å². The second-order valence-electron chi connectivity index (χ2n) is 3.82. The molecule has 0 N–H and O–H groups in total. The number of hydrogen-bond donors (Lipinski definition) is 0. The number of nitrogens with zero attached hydrogens (tertiary/aromatic N) is 1. The normalized spacial score (nSPS) is 9.89. The summed E-state index contributed by atoms with van der Waals surface area (Å²) in [7, 11) is 0. The third-order valence-corrected chi connectivity index (χ3v) is 2.58. The van der Waals surface area contributed by atoms with Crippen molar-refractivity contribution in [1.82, 2.24) is 0 Å². The first-order valence-electron chi connectivity index (χ1n) is 5.48. The zero-order chi connectivity index (χ0) is 13.8. The molecular weight excluding hydrogens is 246 g/mol. The minimum atomic E-state index is -0.546. The monoisotopic (exact) mass is 255 g/mol. The standard InChI is InChI=1S/C14H9NO4/c16-13-5-3-1-2-4-12(13)14(17)10-6-8-11(9-7-10)15(18)19/h1-9H. The molecule has 2 aromatic carbocycles. The first-order chi connectivity index (χ1) is 9.09. The molecule has 0 aliphatic heterocycles. The highest BCUT2D eigenvalue weighted by Gasteiger charge is 2.13. The van der Waals surface area contributed by atoms with Crippen LogP contribution in [0.15, 0.2) is 59.4 Å². The highest BCUT2D eigenvalue weighted by atomic mass is 16.6. The Balaban J connectivity index is 2.43. The van der Waals surface area contributed by atoms with E-state index in [4.69, 9.17) is 0 Å². The molecule has 0 heterocycles. The molecule has 5 heteroatoms. The number of carbonyl (C=O) groups is 1. The van der Waals surface area contributed by atoms with Gasteiger partial charge in [-0.1, -0.05) is 18.2 Å². The molecule has 94 valence electrons. The van der Waals surface area contributed by atoms with E-state index in [2.05, 4.69) is 0 Å². The second-order valence-corrected chi connectivity index (χ2v) is 3.82. The maximum atomic E-state index is 12.1. The summed E-state index contributed by atoms with van der Waals surface area (Å²) >= 11 is 0. The van der Waals surface area contributed by atoms with E-state index in [-0.39, 0.29) is 22.2 Å². The Morgan fingerprint density at radius 1 is 0.947 bits per heavy atom. The summed E-state index contributed by atoms with van der Waals surface area (Å²) in [6.07, 6.45) is 0. The predicted octanol–water partition coefficient (Wildman–Crippen LogP) is 2.19. The molecule has 0 aliphatic rings. The molecule has 19 heavy (non-hydrogen) atoms. The van der Waals surface area contributed by atoms with Crippen LogP contribution >= 0.6 is 0 Å². The zero-order valence-electron chi connectivity index (χ0n) is 9.78. The van der Waals surface area contributed by atoms with Gasteiger partial charge in [0.15, 0.2) is 11.2 Å². The molecule has 0 saturated heterocycles. The van der Waals surface area contributed by atoms with Crippen LogP contribution in [0.25, 0.3) is 0 Å². The highest BCUT2D eigenvalue weighted by molar-refractivity contribution is 6.08. The quantitative estimate of drug-likeness (QED) is 0.478. The van der Waals surface area contributed by atoms with E-state index in [0.717, 1.165) is 0 Å². The van der Waals surface area contributed by atoms with Gasteiger partial charge in [0, 0.05) is 17.7 Å². The maximum absolute atomic E-state index is 12.1. The van der Waals surface area contributed by atoms with E-state index in [1.165, 1.54) is 36.4 Å². The molecule has 2 aromatic rings. The highest BCUT2D eigenvalue weighted by Crippen LogP contribution is 2.13. The Morgan fingerprint density at radius 2 is 1.58 bits per heavy atom. The summed E-state index contributed by atoms with van der Waals surface area (Å²) in [5.41, 5.74) is -0.196. The number of carbonyl (C=O) groups excluding carboxylic acids is 1. The fourth-order valence-electron chi connectivity index (χ4n) is 1.61. The van der Waals surface area contributed by atoms with Crippen molar-refractivity contribution in [2.24, 2.45) is 0 Å². The lowest BCUT2D eigenvalue weighted by Gasteiger charge is -1.98. The van der Waals surface area contributed by atoms with Crippen molar-refractivity contribution in [1.29, 1.82) is 0 Å². The van der Waals surface area contributed by atoms with Gasteiger partial charge in [-0.05, 0) is 24.3 Å². The van der Waals surface area contributed by atoms with Crippen LogP contribution in [-0.2, 0) is 0 Å². The molecular formula is C14H9NO4. The van der Waals surface area contributed by atoms with Gasteiger partial charge < -0.3 is 0 Å². The molecule has 0 saturated carbocycles. The van der Waals surface area contributed by atoms with E-state index < -0.39 is 10.7 Å². The van der Waals surface area contributed by atoms with Gasteiger partial charge in [0.2, 0.25) is 0 Å².